The second-order valence-electron chi connectivity index (χ2n) is 8.30. The first-order valence-corrected chi connectivity index (χ1v) is 13.3. The number of fused-ring (bicyclic) bond motifs is 1. The molecule has 0 bridgehead atoms. The Hall–Kier alpha value is -2.75. The van der Waals surface area contributed by atoms with Gasteiger partial charge in [0.1, 0.15) is 0 Å². The van der Waals surface area contributed by atoms with E-state index in [9.17, 15) is 4.79 Å². The lowest BCUT2D eigenvalue weighted by Crippen LogP contribution is -2.40. The second-order valence-corrected chi connectivity index (χ2v) is 10.3. The van der Waals surface area contributed by atoms with Crippen LogP contribution in [0.25, 0.3) is 21.6 Å². The normalized spacial score (nSPS) is 16.3. The minimum Gasteiger partial charge on any atom is -0.383 e. The number of thiazole rings is 1. The van der Waals surface area contributed by atoms with Gasteiger partial charge in [-0.05, 0) is 25.0 Å². The number of carbonyl (C=O) groups is 1. The van der Waals surface area contributed by atoms with Gasteiger partial charge in [0.2, 0.25) is 5.91 Å². The van der Waals surface area contributed by atoms with Crippen molar-refractivity contribution in [2.24, 2.45) is 0 Å². The Kier molecular flexibility index (Phi) is 7.22. The standard InChI is InChI=1S/C25H27N5O2S2/c1-32-15-14-30-23(18-8-3-2-4-9-18)27-28-25(30)33-17-22(31)29-13-7-10-19(16-29)24-26-20-11-5-6-12-21(20)34-24/h2-6,8-9,11-12,19H,7,10,13-17H2,1H3. The van der Waals surface area contributed by atoms with Gasteiger partial charge >= 0.3 is 0 Å². The molecule has 1 unspecified atom stereocenters. The molecule has 0 saturated carbocycles. The number of amides is 1. The van der Waals surface area contributed by atoms with E-state index in [1.54, 1.807) is 18.4 Å². The van der Waals surface area contributed by atoms with Gasteiger partial charge in [-0.2, -0.15) is 0 Å². The van der Waals surface area contributed by atoms with Gasteiger partial charge in [-0.25, -0.2) is 4.98 Å². The van der Waals surface area contributed by atoms with E-state index in [0.29, 0.717) is 24.8 Å². The summed E-state index contributed by atoms with van der Waals surface area (Å²) in [4.78, 5) is 20.0. The van der Waals surface area contributed by atoms with Gasteiger partial charge in [-0.3, -0.25) is 9.36 Å². The highest BCUT2D eigenvalue weighted by molar-refractivity contribution is 7.99. The summed E-state index contributed by atoms with van der Waals surface area (Å²) in [5.41, 5.74) is 2.05. The molecule has 0 aliphatic carbocycles. The third-order valence-electron chi connectivity index (χ3n) is 6.03. The molecule has 1 saturated heterocycles. The number of hydrogen-bond donors (Lipinski definition) is 0. The SMILES string of the molecule is COCCn1c(SCC(=O)N2CCCC(c3nc4ccccc4s3)C2)nnc1-c1ccccc1. The number of hydrogen-bond acceptors (Lipinski definition) is 7. The molecule has 1 atom stereocenters. The number of carbonyl (C=O) groups excluding carboxylic acids is 1. The number of rotatable bonds is 8. The fraction of sp³-hybridized carbons (Fsp3) is 0.360. The summed E-state index contributed by atoms with van der Waals surface area (Å²) in [5.74, 6) is 1.57. The molecular formula is C25H27N5O2S2. The van der Waals surface area contributed by atoms with Gasteiger partial charge < -0.3 is 9.64 Å². The van der Waals surface area contributed by atoms with E-state index in [1.165, 1.54) is 16.5 Å². The Labute approximate surface area is 207 Å². The number of aromatic nitrogens is 4. The molecule has 0 N–H and O–H groups in total. The van der Waals surface area contributed by atoms with Crippen LogP contribution in [0, 0.1) is 0 Å². The quantitative estimate of drug-likeness (QED) is 0.331. The molecule has 0 spiro atoms. The van der Waals surface area contributed by atoms with Gasteiger partial charge in [-0.1, -0.05) is 54.2 Å². The number of likely N-dealkylation sites (tertiary alicyclic amines) is 1. The topological polar surface area (TPSA) is 73.1 Å². The molecule has 1 fully saturated rings. The lowest BCUT2D eigenvalue weighted by molar-refractivity contribution is -0.129. The average molecular weight is 494 g/mol. The van der Waals surface area contributed by atoms with Crippen molar-refractivity contribution in [1.82, 2.24) is 24.6 Å². The number of nitrogens with zero attached hydrogens (tertiary/aromatic N) is 5. The van der Waals surface area contributed by atoms with E-state index in [-0.39, 0.29) is 5.91 Å². The van der Waals surface area contributed by atoms with Gasteiger partial charge in [0, 0.05) is 31.7 Å². The van der Waals surface area contributed by atoms with Crippen molar-refractivity contribution in [2.75, 3.05) is 32.6 Å². The maximum atomic E-state index is 13.1. The molecule has 5 rings (SSSR count). The Morgan fingerprint density at radius 1 is 1.15 bits per heavy atom. The molecule has 2 aromatic carbocycles. The van der Waals surface area contributed by atoms with E-state index >= 15 is 0 Å². The molecule has 9 heteroatoms. The van der Waals surface area contributed by atoms with Crippen molar-refractivity contribution < 1.29 is 9.53 Å². The van der Waals surface area contributed by atoms with Gasteiger partial charge in [-0.15, -0.1) is 21.5 Å². The Morgan fingerprint density at radius 3 is 2.79 bits per heavy atom. The monoisotopic (exact) mass is 493 g/mol. The van der Waals surface area contributed by atoms with E-state index < -0.39 is 0 Å². The molecule has 7 nitrogen and oxygen atoms in total. The van der Waals surface area contributed by atoms with Gasteiger partial charge in [0.15, 0.2) is 11.0 Å². The summed E-state index contributed by atoms with van der Waals surface area (Å²) < 4.78 is 8.54. The maximum Gasteiger partial charge on any atom is 0.233 e. The molecule has 176 valence electrons. The predicted octanol–water partition coefficient (Wildman–Crippen LogP) is 4.70. The van der Waals surface area contributed by atoms with Crippen LogP contribution in [-0.2, 0) is 16.1 Å². The number of methoxy groups -OCH3 is 1. The van der Waals surface area contributed by atoms with Crippen LogP contribution in [0.3, 0.4) is 0 Å². The largest absolute Gasteiger partial charge is 0.383 e. The third-order valence-corrected chi connectivity index (χ3v) is 8.18. The van der Waals surface area contributed by atoms with Crippen LogP contribution in [0.1, 0.15) is 23.8 Å². The number of para-hydroxylation sites is 1. The van der Waals surface area contributed by atoms with Crippen molar-refractivity contribution >= 4 is 39.2 Å². The Balaban J connectivity index is 1.26. The molecule has 1 amide bonds. The summed E-state index contributed by atoms with van der Waals surface area (Å²) in [7, 11) is 1.68. The number of thioether (sulfide) groups is 1. The molecule has 34 heavy (non-hydrogen) atoms. The lowest BCUT2D eigenvalue weighted by atomic mass is 9.99. The molecule has 4 aromatic rings. The van der Waals surface area contributed by atoms with Crippen molar-refractivity contribution in [2.45, 2.75) is 30.5 Å². The minimum absolute atomic E-state index is 0.137. The van der Waals surface area contributed by atoms with Crippen LogP contribution < -0.4 is 0 Å². The molecule has 1 aliphatic rings. The van der Waals surface area contributed by atoms with Crippen LogP contribution in [0.15, 0.2) is 59.8 Å². The minimum atomic E-state index is 0.137. The zero-order chi connectivity index (χ0) is 23.3. The van der Waals surface area contributed by atoms with Crippen LogP contribution in [0.2, 0.25) is 0 Å². The van der Waals surface area contributed by atoms with Crippen molar-refractivity contribution in [3.05, 3.63) is 59.6 Å². The molecule has 0 radical (unpaired) electrons. The van der Waals surface area contributed by atoms with Crippen LogP contribution in [0.4, 0.5) is 0 Å². The third kappa shape index (κ3) is 5.01. The second kappa shape index (κ2) is 10.7. The molecule has 1 aliphatic heterocycles. The fourth-order valence-corrected chi connectivity index (χ4v) is 6.23. The Bertz CT molecular complexity index is 1220. The Morgan fingerprint density at radius 2 is 1.97 bits per heavy atom. The van der Waals surface area contributed by atoms with Gasteiger partial charge in [0.05, 0.1) is 34.1 Å². The maximum absolute atomic E-state index is 13.1. The molecule has 3 heterocycles. The summed E-state index contributed by atoms with van der Waals surface area (Å²) in [5, 5.41) is 10.7. The van der Waals surface area contributed by atoms with Crippen molar-refractivity contribution in [3.63, 3.8) is 0 Å². The first kappa shape index (κ1) is 23.0. The highest BCUT2D eigenvalue weighted by Crippen LogP contribution is 2.33. The molecular weight excluding hydrogens is 466 g/mol. The van der Waals surface area contributed by atoms with Crippen molar-refractivity contribution in [1.29, 1.82) is 0 Å². The zero-order valence-electron chi connectivity index (χ0n) is 19.1. The first-order valence-electron chi connectivity index (χ1n) is 11.5. The number of ether oxygens (including phenoxy) is 1. The summed E-state index contributed by atoms with van der Waals surface area (Å²) >= 11 is 3.20. The summed E-state index contributed by atoms with van der Waals surface area (Å²) in [6, 6.07) is 18.2. The average Bonchev–Trinajstić information content (AvgIpc) is 3.51. The first-order chi connectivity index (χ1) is 16.7. The predicted molar refractivity (Wildman–Crippen MR) is 136 cm³/mol. The lowest BCUT2D eigenvalue weighted by Gasteiger charge is -2.31. The van der Waals surface area contributed by atoms with Crippen LogP contribution in [-0.4, -0.2) is 63.1 Å². The van der Waals surface area contributed by atoms with Crippen molar-refractivity contribution in [3.8, 4) is 11.4 Å². The zero-order valence-corrected chi connectivity index (χ0v) is 20.7. The van der Waals surface area contributed by atoms with Crippen LogP contribution in [0.5, 0.6) is 0 Å². The smallest absolute Gasteiger partial charge is 0.233 e. The van der Waals surface area contributed by atoms with E-state index in [0.717, 1.165) is 53.0 Å². The van der Waals surface area contributed by atoms with Gasteiger partial charge in [0.25, 0.3) is 0 Å². The van der Waals surface area contributed by atoms with Crippen LogP contribution >= 0.6 is 23.1 Å². The highest BCUT2D eigenvalue weighted by atomic mass is 32.2. The number of piperidine rings is 1. The van der Waals surface area contributed by atoms with E-state index in [2.05, 4.69) is 22.3 Å². The summed E-state index contributed by atoms with van der Waals surface area (Å²) in [6.07, 6.45) is 2.07. The highest BCUT2D eigenvalue weighted by Gasteiger charge is 2.27. The van der Waals surface area contributed by atoms with E-state index in [4.69, 9.17) is 9.72 Å². The van der Waals surface area contributed by atoms with E-state index in [1.807, 2.05) is 51.9 Å². The number of benzene rings is 2. The molecule has 2 aromatic heterocycles. The summed E-state index contributed by atoms with van der Waals surface area (Å²) in [6.45, 7) is 2.71. The fourth-order valence-electron chi connectivity index (χ4n) is 4.27.